The van der Waals surface area contributed by atoms with Gasteiger partial charge in [-0.1, -0.05) is 46.0 Å². The fourth-order valence-corrected chi connectivity index (χ4v) is 3.69. The lowest BCUT2D eigenvalue weighted by Crippen LogP contribution is -2.23. The molecule has 0 N–H and O–H groups in total. The zero-order valence-corrected chi connectivity index (χ0v) is 15.1. The van der Waals surface area contributed by atoms with Crippen molar-refractivity contribution in [2.75, 3.05) is 6.61 Å². The summed E-state index contributed by atoms with van der Waals surface area (Å²) in [6, 6.07) is 1.66. The van der Waals surface area contributed by atoms with Crippen molar-refractivity contribution < 1.29 is 4.74 Å². The molecule has 0 saturated heterocycles. The first-order valence-corrected chi connectivity index (χ1v) is 9.44. The van der Waals surface area contributed by atoms with Gasteiger partial charge < -0.3 is 9.30 Å². The Hall–Kier alpha value is -1.25. The SMILES string of the molecule is CCCCCCn1ccc(=O)c(OCC2CCCC(C)C2)c1C. The van der Waals surface area contributed by atoms with Crippen LogP contribution in [0.3, 0.4) is 0 Å². The number of ether oxygens (including phenoxy) is 1. The molecule has 1 aromatic rings. The molecule has 130 valence electrons. The third kappa shape index (κ3) is 5.40. The molecule has 2 rings (SSSR count). The standard InChI is InChI=1S/C20H33NO2/c1-4-5-6-7-12-21-13-11-19(22)20(17(21)3)23-15-18-10-8-9-16(2)14-18/h11,13,16,18H,4-10,12,14-15H2,1-3H3. The summed E-state index contributed by atoms with van der Waals surface area (Å²) < 4.78 is 8.17. The van der Waals surface area contributed by atoms with Gasteiger partial charge in [-0.05, 0) is 38.0 Å². The molecule has 0 aromatic carbocycles. The van der Waals surface area contributed by atoms with Crippen molar-refractivity contribution in [1.29, 1.82) is 0 Å². The average Bonchev–Trinajstić information content (AvgIpc) is 2.53. The molecule has 3 heteroatoms. The number of unbranched alkanes of at least 4 members (excludes halogenated alkanes) is 3. The monoisotopic (exact) mass is 319 g/mol. The summed E-state index contributed by atoms with van der Waals surface area (Å²) in [5.74, 6) is 1.97. The van der Waals surface area contributed by atoms with E-state index in [0.717, 1.165) is 24.6 Å². The molecular formula is C20H33NO2. The molecule has 1 aliphatic carbocycles. The van der Waals surface area contributed by atoms with Crippen LogP contribution >= 0.6 is 0 Å². The van der Waals surface area contributed by atoms with E-state index in [-0.39, 0.29) is 5.43 Å². The van der Waals surface area contributed by atoms with Crippen LogP contribution in [0.2, 0.25) is 0 Å². The summed E-state index contributed by atoms with van der Waals surface area (Å²) in [4.78, 5) is 12.2. The molecule has 0 aliphatic heterocycles. The normalized spacial score (nSPS) is 21.3. The van der Waals surface area contributed by atoms with E-state index in [0.29, 0.717) is 18.3 Å². The summed E-state index contributed by atoms with van der Waals surface area (Å²) in [7, 11) is 0. The molecule has 1 saturated carbocycles. The summed E-state index contributed by atoms with van der Waals surface area (Å²) >= 11 is 0. The van der Waals surface area contributed by atoms with Crippen LogP contribution in [0.15, 0.2) is 17.1 Å². The first-order chi connectivity index (χ1) is 11.1. The Balaban J connectivity index is 1.95. The summed E-state index contributed by atoms with van der Waals surface area (Å²) in [5, 5.41) is 0. The molecule has 0 amide bonds. The van der Waals surface area contributed by atoms with Gasteiger partial charge in [0.2, 0.25) is 5.43 Å². The third-order valence-corrected chi connectivity index (χ3v) is 5.15. The van der Waals surface area contributed by atoms with Crippen molar-refractivity contribution in [3.63, 3.8) is 0 Å². The van der Waals surface area contributed by atoms with Gasteiger partial charge in [-0.2, -0.15) is 0 Å². The molecule has 0 radical (unpaired) electrons. The second-order valence-electron chi connectivity index (χ2n) is 7.30. The Morgan fingerprint density at radius 3 is 2.83 bits per heavy atom. The van der Waals surface area contributed by atoms with Crippen molar-refractivity contribution in [3.8, 4) is 5.75 Å². The molecule has 2 atom stereocenters. The lowest BCUT2D eigenvalue weighted by molar-refractivity contribution is 0.179. The van der Waals surface area contributed by atoms with Gasteiger partial charge in [0.15, 0.2) is 5.75 Å². The number of rotatable bonds is 8. The van der Waals surface area contributed by atoms with Crippen LogP contribution in [0.5, 0.6) is 5.75 Å². The maximum atomic E-state index is 12.2. The second kappa shape index (κ2) is 9.14. The fraction of sp³-hybridized carbons (Fsp3) is 0.750. The molecule has 1 heterocycles. The van der Waals surface area contributed by atoms with Gasteiger partial charge >= 0.3 is 0 Å². The van der Waals surface area contributed by atoms with Gasteiger partial charge in [-0.25, -0.2) is 0 Å². The molecule has 1 fully saturated rings. The first kappa shape index (κ1) is 18.1. The van der Waals surface area contributed by atoms with Crippen LogP contribution in [-0.4, -0.2) is 11.2 Å². The molecule has 0 bridgehead atoms. The van der Waals surface area contributed by atoms with Gasteiger partial charge in [0.1, 0.15) is 0 Å². The van der Waals surface area contributed by atoms with E-state index < -0.39 is 0 Å². The Morgan fingerprint density at radius 1 is 1.26 bits per heavy atom. The van der Waals surface area contributed by atoms with Crippen LogP contribution in [-0.2, 0) is 6.54 Å². The van der Waals surface area contributed by atoms with E-state index in [2.05, 4.69) is 18.4 Å². The molecule has 23 heavy (non-hydrogen) atoms. The van der Waals surface area contributed by atoms with Gasteiger partial charge in [0, 0.05) is 18.8 Å². The maximum Gasteiger partial charge on any atom is 0.223 e. The van der Waals surface area contributed by atoms with Gasteiger partial charge in [0.25, 0.3) is 0 Å². The number of aromatic nitrogens is 1. The van der Waals surface area contributed by atoms with Crippen molar-refractivity contribution in [1.82, 2.24) is 4.57 Å². The third-order valence-electron chi connectivity index (χ3n) is 5.15. The van der Waals surface area contributed by atoms with E-state index in [4.69, 9.17) is 4.74 Å². The van der Waals surface area contributed by atoms with Crippen LogP contribution in [0.1, 0.15) is 70.9 Å². The molecule has 3 nitrogen and oxygen atoms in total. The van der Waals surface area contributed by atoms with Crippen molar-refractivity contribution >= 4 is 0 Å². The van der Waals surface area contributed by atoms with Gasteiger partial charge in [-0.3, -0.25) is 4.79 Å². The van der Waals surface area contributed by atoms with E-state index in [1.165, 1.54) is 44.9 Å². The lowest BCUT2D eigenvalue weighted by Gasteiger charge is -2.26. The first-order valence-electron chi connectivity index (χ1n) is 9.44. The van der Waals surface area contributed by atoms with Crippen molar-refractivity contribution in [3.05, 3.63) is 28.2 Å². The summed E-state index contributed by atoms with van der Waals surface area (Å²) in [5.41, 5.74) is 1.01. The average molecular weight is 319 g/mol. The number of pyridine rings is 1. The van der Waals surface area contributed by atoms with Crippen molar-refractivity contribution in [2.24, 2.45) is 11.8 Å². The fourth-order valence-electron chi connectivity index (χ4n) is 3.69. The highest BCUT2D eigenvalue weighted by atomic mass is 16.5. The van der Waals surface area contributed by atoms with Gasteiger partial charge in [-0.15, -0.1) is 0 Å². The Bertz CT molecular complexity index is 535. The smallest absolute Gasteiger partial charge is 0.223 e. The lowest BCUT2D eigenvalue weighted by atomic mass is 9.83. The highest BCUT2D eigenvalue weighted by Gasteiger charge is 2.20. The zero-order chi connectivity index (χ0) is 16.7. The topological polar surface area (TPSA) is 31.2 Å². The molecule has 2 unspecified atom stereocenters. The van der Waals surface area contributed by atoms with E-state index >= 15 is 0 Å². The number of aryl methyl sites for hydroxylation is 1. The Labute approximate surface area is 141 Å². The predicted molar refractivity (Wildman–Crippen MR) is 96.2 cm³/mol. The minimum atomic E-state index is 0.0242. The predicted octanol–water partition coefficient (Wildman–Crippen LogP) is 4.94. The summed E-state index contributed by atoms with van der Waals surface area (Å²) in [6.45, 7) is 8.23. The Morgan fingerprint density at radius 2 is 2.09 bits per heavy atom. The quantitative estimate of drug-likeness (QED) is 0.635. The molecule has 1 aliphatic rings. The maximum absolute atomic E-state index is 12.2. The second-order valence-corrected chi connectivity index (χ2v) is 7.30. The zero-order valence-electron chi connectivity index (χ0n) is 15.1. The highest BCUT2D eigenvalue weighted by Crippen LogP contribution is 2.29. The van der Waals surface area contributed by atoms with E-state index in [9.17, 15) is 4.79 Å². The van der Waals surface area contributed by atoms with Crippen LogP contribution in [0, 0.1) is 18.8 Å². The Kier molecular flexibility index (Phi) is 7.19. The highest BCUT2D eigenvalue weighted by molar-refractivity contribution is 5.27. The summed E-state index contributed by atoms with van der Waals surface area (Å²) in [6.07, 6.45) is 12.0. The van der Waals surface area contributed by atoms with Crippen molar-refractivity contribution in [2.45, 2.75) is 78.7 Å². The number of hydrogen-bond donors (Lipinski definition) is 0. The molecule has 0 spiro atoms. The molecular weight excluding hydrogens is 286 g/mol. The molecule has 1 aromatic heterocycles. The largest absolute Gasteiger partial charge is 0.487 e. The minimum absolute atomic E-state index is 0.0242. The van der Waals surface area contributed by atoms with Crippen LogP contribution in [0.4, 0.5) is 0 Å². The minimum Gasteiger partial charge on any atom is -0.487 e. The van der Waals surface area contributed by atoms with Crippen LogP contribution in [0.25, 0.3) is 0 Å². The van der Waals surface area contributed by atoms with Gasteiger partial charge in [0.05, 0.1) is 12.3 Å². The number of nitrogens with zero attached hydrogens (tertiary/aromatic N) is 1. The van der Waals surface area contributed by atoms with Crippen LogP contribution < -0.4 is 10.2 Å². The number of hydrogen-bond acceptors (Lipinski definition) is 2. The van der Waals surface area contributed by atoms with E-state index in [1.807, 2.05) is 13.1 Å². The van der Waals surface area contributed by atoms with E-state index in [1.54, 1.807) is 6.07 Å².